The van der Waals surface area contributed by atoms with Gasteiger partial charge in [-0.05, 0) is 43.7 Å². The summed E-state index contributed by atoms with van der Waals surface area (Å²) in [6, 6.07) is 15.9. The van der Waals surface area contributed by atoms with Gasteiger partial charge in [0.05, 0.1) is 0 Å². The lowest BCUT2D eigenvalue weighted by atomic mass is 10.1. The van der Waals surface area contributed by atoms with E-state index in [0.29, 0.717) is 28.5 Å². The number of aromatic nitrogens is 2. The van der Waals surface area contributed by atoms with Gasteiger partial charge in [0.25, 0.3) is 5.91 Å². The van der Waals surface area contributed by atoms with Crippen LogP contribution in [0.3, 0.4) is 0 Å². The number of carbonyl (C=O) groups is 2. The van der Waals surface area contributed by atoms with E-state index in [9.17, 15) is 9.59 Å². The summed E-state index contributed by atoms with van der Waals surface area (Å²) in [5.74, 6) is -0.0806. The summed E-state index contributed by atoms with van der Waals surface area (Å²) >= 11 is 6.12. The van der Waals surface area contributed by atoms with E-state index >= 15 is 0 Å². The Bertz CT molecular complexity index is 1040. The van der Waals surface area contributed by atoms with Gasteiger partial charge in [-0.15, -0.1) is 0 Å². The van der Waals surface area contributed by atoms with Crippen molar-refractivity contribution in [3.05, 3.63) is 82.1 Å². The van der Waals surface area contributed by atoms with Crippen LogP contribution in [0.2, 0.25) is 5.02 Å². The first-order chi connectivity index (χ1) is 13.4. The highest BCUT2D eigenvalue weighted by Gasteiger charge is 2.12. The molecule has 0 aliphatic carbocycles. The van der Waals surface area contributed by atoms with E-state index < -0.39 is 0 Å². The third kappa shape index (κ3) is 4.92. The second-order valence-corrected chi connectivity index (χ2v) is 6.66. The number of nitrogens with zero attached hydrogens (tertiary/aromatic N) is 2. The minimum absolute atomic E-state index is 0.0338. The van der Waals surface area contributed by atoms with Crippen molar-refractivity contribution < 1.29 is 9.59 Å². The average molecular weight is 395 g/mol. The summed E-state index contributed by atoms with van der Waals surface area (Å²) in [5.41, 5.74) is 2.95. The molecule has 3 rings (SSSR count). The molecule has 0 saturated heterocycles. The quantitative estimate of drug-likeness (QED) is 0.608. The van der Waals surface area contributed by atoms with Gasteiger partial charge in [-0.2, -0.15) is 0 Å². The molecular weight excluding hydrogens is 376 g/mol. The van der Waals surface area contributed by atoms with Gasteiger partial charge in [0.2, 0.25) is 5.95 Å². The summed E-state index contributed by atoms with van der Waals surface area (Å²) in [6.07, 6.45) is 0. The minimum Gasteiger partial charge on any atom is -0.347 e. The molecule has 7 heteroatoms. The molecule has 28 heavy (non-hydrogen) atoms. The van der Waals surface area contributed by atoms with Crippen molar-refractivity contribution in [2.45, 2.75) is 20.4 Å². The Morgan fingerprint density at radius 1 is 1.04 bits per heavy atom. The molecule has 1 heterocycles. The fraction of sp³-hybridized carbons (Fsp3) is 0.143. The van der Waals surface area contributed by atoms with Crippen molar-refractivity contribution in [3.63, 3.8) is 0 Å². The average Bonchev–Trinajstić information content (AvgIpc) is 2.67. The minimum atomic E-state index is -0.328. The van der Waals surface area contributed by atoms with Gasteiger partial charge < -0.3 is 10.6 Å². The van der Waals surface area contributed by atoms with Crippen molar-refractivity contribution in [2.75, 3.05) is 5.32 Å². The van der Waals surface area contributed by atoms with Crippen LogP contribution in [-0.2, 0) is 6.54 Å². The highest BCUT2D eigenvalue weighted by atomic mass is 35.5. The summed E-state index contributed by atoms with van der Waals surface area (Å²) in [6.45, 7) is 3.58. The van der Waals surface area contributed by atoms with E-state index in [0.717, 1.165) is 5.56 Å². The molecule has 0 fully saturated rings. The molecule has 2 aromatic carbocycles. The summed E-state index contributed by atoms with van der Waals surface area (Å²) in [4.78, 5) is 32.6. The number of hydrogen-bond donors (Lipinski definition) is 2. The van der Waals surface area contributed by atoms with Crippen molar-refractivity contribution >= 4 is 34.9 Å². The molecule has 1 aromatic heterocycles. The zero-order chi connectivity index (χ0) is 20.1. The Kier molecular flexibility index (Phi) is 6.01. The highest BCUT2D eigenvalue weighted by molar-refractivity contribution is 6.31. The SMILES string of the molecule is CC(=O)c1cccc(Nc2nc(C)cc(C(=O)NCc3ccccc3Cl)n2)c1. The van der Waals surface area contributed by atoms with Crippen LogP contribution in [0.4, 0.5) is 11.6 Å². The van der Waals surface area contributed by atoms with E-state index in [1.54, 1.807) is 43.3 Å². The normalized spacial score (nSPS) is 10.4. The monoisotopic (exact) mass is 394 g/mol. The van der Waals surface area contributed by atoms with Gasteiger partial charge in [-0.3, -0.25) is 9.59 Å². The number of rotatable bonds is 6. The molecular formula is C21H19ClN4O2. The largest absolute Gasteiger partial charge is 0.347 e. The maximum Gasteiger partial charge on any atom is 0.270 e. The van der Waals surface area contributed by atoms with Crippen LogP contribution in [0.5, 0.6) is 0 Å². The fourth-order valence-electron chi connectivity index (χ4n) is 2.59. The first-order valence-electron chi connectivity index (χ1n) is 8.67. The Labute approximate surface area is 168 Å². The van der Waals surface area contributed by atoms with Gasteiger partial charge in [0, 0.05) is 28.5 Å². The number of hydrogen-bond acceptors (Lipinski definition) is 5. The first kappa shape index (κ1) is 19.5. The highest BCUT2D eigenvalue weighted by Crippen LogP contribution is 2.17. The van der Waals surface area contributed by atoms with Crippen LogP contribution < -0.4 is 10.6 Å². The van der Waals surface area contributed by atoms with Crippen LogP contribution in [0, 0.1) is 6.92 Å². The topological polar surface area (TPSA) is 84.0 Å². The van der Waals surface area contributed by atoms with Crippen LogP contribution in [0.1, 0.15) is 39.0 Å². The molecule has 3 aromatic rings. The summed E-state index contributed by atoms with van der Waals surface area (Å²) < 4.78 is 0. The molecule has 0 unspecified atom stereocenters. The van der Waals surface area contributed by atoms with Gasteiger partial charge in [-0.1, -0.05) is 41.9 Å². The molecule has 1 amide bonds. The molecule has 0 saturated carbocycles. The van der Waals surface area contributed by atoms with Gasteiger partial charge in [0.15, 0.2) is 5.78 Å². The van der Waals surface area contributed by atoms with Crippen molar-refractivity contribution in [1.29, 1.82) is 0 Å². The van der Waals surface area contributed by atoms with E-state index in [1.165, 1.54) is 6.92 Å². The second kappa shape index (κ2) is 8.63. The Morgan fingerprint density at radius 2 is 1.82 bits per heavy atom. The molecule has 0 radical (unpaired) electrons. The lowest BCUT2D eigenvalue weighted by molar-refractivity contribution is 0.0945. The summed E-state index contributed by atoms with van der Waals surface area (Å²) in [5, 5.41) is 6.45. The lowest BCUT2D eigenvalue weighted by Gasteiger charge is -2.10. The number of benzene rings is 2. The van der Waals surface area contributed by atoms with Gasteiger partial charge >= 0.3 is 0 Å². The summed E-state index contributed by atoms with van der Waals surface area (Å²) in [7, 11) is 0. The Morgan fingerprint density at radius 3 is 2.57 bits per heavy atom. The van der Waals surface area contributed by atoms with E-state index in [4.69, 9.17) is 11.6 Å². The molecule has 142 valence electrons. The molecule has 0 bridgehead atoms. The Hall–Kier alpha value is -3.25. The van der Waals surface area contributed by atoms with Crippen molar-refractivity contribution in [3.8, 4) is 0 Å². The van der Waals surface area contributed by atoms with Crippen LogP contribution >= 0.6 is 11.6 Å². The zero-order valence-electron chi connectivity index (χ0n) is 15.5. The van der Waals surface area contributed by atoms with Crippen molar-refractivity contribution in [1.82, 2.24) is 15.3 Å². The number of anilines is 2. The lowest BCUT2D eigenvalue weighted by Crippen LogP contribution is -2.24. The number of amides is 1. The molecule has 0 atom stereocenters. The molecule has 2 N–H and O–H groups in total. The number of nitrogens with one attached hydrogen (secondary N) is 2. The molecule has 0 spiro atoms. The maximum atomic E-state index is 12.5. The van der Waals surface area contributed by atoms with Gasteiger partial charge in [-0.25, -0.2) is 9.97 Å². The standard InChI is InChI=1S/C21H19ClN4O2/c1-13-10-19(20(28)23-12-16-6-3-4-9-18(16)22)26-21(24-13)25-17-8-5-7-15(11-17)14(2)27/h3-11H,12H2,1-2H3,(H,23,28)(H,24,25,26). The zero-order valence-corrected chi connectivity index (χ0v) is 16.2. The van der Waals surface area contributed by atoms with Crippen LogP contribution in [-0.4, -0.2) is 21.7 Å². The van der Waals surface area contributed by atoms with Crippen LogP contribution in [0.25, 0.3) is 0 Å². The number of Topliss-reactive ketones (excluding diaryl/α,β-unsaturated/α-hetero) is 1. The molecule has 0 aliphatic heterocycles. The Balaban J connectivity index is 1.75. The van der Waals surface area contributed by atoms with E-state index in [1.807, 2.05) is 18.2 Å². The number of carbonyl (C=O) groups excluding carboxylic acids is 2. The molecule has 6 nitrogen and oxygen atoms in total. The number of aryl methyl sites for hydroxylation is 1. The molecule has 0 aliphatic rings. The maximum absolute atomic E-state index is 12.5. The first-order valence-corrected chi connectivity index (χ1v) is 9.05. The predicted molar refractivity (Wildman–Crippen MR) is 109 cm³/mol. The number of ketones is 1. The van der Waals surface area contributed by atoms with E-state index in [2.05, 4.69) is 20.6 Å². The van der Waals surface area contributed by atoms with Crippen LogP contribution in [0.15, 0.2) is 54.6 Å². The third-order valence-electron chi connectivity index (χ3n) is 4.01. The van der Waals surface area contributed by atoms with E-state index in [-0.39, 0.29) is 23.3 Å². The second-order valence-electron chi connectivity index (χ2n) is 6.25. The third-order valence-corrected chi connectivity index (χ3v) is 4.38. The van der Waals surface area contributed by atoms with Gasteiger partial charge in [0.1, 0.15) is 5.69 Å². The fourth-order valence-corrected chi connectivity index (χ4v) is 2.80. The number of halogens is 1. The van der Waals surface area contributed by atoms with Crippen molar-refractivity contribution in [2.24, 2.45) is 0 Å². The predicted octanol–water partition coefficient (Wildman–Crippen LogP) is 4.31. The smallest absolute Gasteiger partial charge is 0.270 e.